The lowest BCUT2D eigenvalue weighted by molar-refractivity contribution is -0.124. The Morgan fingerprint density at radius 3 is 2.77 bits per heavy atom. The molecule has 1 saturated heterocycles. The predicted molar refractivity (Wildman–Crippen MR) is 99.6 cm³/mol. The lowest BCUT2D eigenvalue weighted by Crippen LogP contribution is -2.41. The lowest BCUT2D eigenvalue weighted by Gasteiger charge is -2.30. The maximum absolute atomic E-state index is 11.0. The zero-order valence-electron chi connectivity index (χ0n) is 14.5. The predicted octanol–water partition coefficient (Wildman–Crippen LogP) is 1.77. The van der Waals surface area contributed by atoms with Crippen LogP contribution in [0.1, 0.15) is 24.1 Å². The van der Waals surface area contributed by atoms with Gasteiger partial charge < -0.3 is 10.6 Å². The zero-order chi connectivity index (χ0) is 18.2. The molecule has 3 rings (SSSR count). The van der Waals surface area contributed by atoms with Gasteiger partial charge >= 0.3 is 0 Å². The standard InChI is InChI=1S/C19H23N5O2/c25-18(24-26)7-6-16-12-22-17(13-21-16)23-19(10-11-20-14-19)9-8-15-4-2-1-3-5-15/h1-7,12-13,20,26H,8-11,14H2,(H,22,23)(H,24,25)/t19-/m1/s1. The van der Waals surface area contributed by atoms with E-state index in [4.69, 9.17) is 5.21 Å². The van der Waals surface area contributed by atoms with E-state index in [2.05, 4.69) is 44.9 Å². The summed E-state index contributed by atoms with van der Waals surface area (Å²) in [5, 5.41) is 15.5. The molecule has 2 aromatic rings. The second-order valence-electron chi connectivity index (χ2n) is 6.45. The molecule has 1 atom stereocenters. The van der Waals surface area contributed by atoms with Crippen LogP contribution >= 0.6 is 0 Å². The van der Waals surface area contributed by atoms with E-state index < -0.39 is 5.91 Å². The molecular weight excluding hydrogens is 330 g/mol. The van der Waals surface area contributed by atoms with Crippen molar-refractivity contribution in [3.8, 4) is 0 Å². The van der Waals surface area contributed by atoms with Gasteiger partial charge in [0.15, 0.2) is 0 Å². The number of carbonyl (C=O) groups is 1. The number of nitrogens with zero attached hydrogens (tertiary/aromatic N) is 2. The van der Waals surface area contributed by atoms with Gasteiger partial charge in [-0.2, -0.15) is 0 Å². The Bertz CT molecular complexity index is 740. The van der Waals surface area contributed by atoms with Crippen LogP contribution in [0.4, 0.5) is 5.82 Å². The molecule has 4 N–H and O–H groups in total. The quantitative estimate of drug-likeness (QED) is 0.344. The summed E-state index contributed by atoms with van der Waals surface area (Å²) in [7, 11) is 0. The number of hydroxylamine groups is 1. The molecule has 0 aliphatic carbocycles. The normalized spacial score (nSPS) is 19.6. The summed E-state index contributed by atoms with van der Waals surface area (Å²) in [5.74, 6) is 0.108. The Morgan fingerprint density at radius 2 is 2.12 bits per heavy atom. The SMILES string of the molecule is O=C(C=Cc1cnc(N[C@]2(CCc3ccccc3)CCNC2)cn1)NO. The maximum Gasteiger partial charge on any atom is 0.267 e. The molecule has 1 fully saturated rings. The zero-order valence-corrected chi connectivity index (χ0v) is 14.5. The number of aromatic nitrogens is 2. The molecule has 136 valence electrons. The van der Waals surface area contributed by atoms with Crippen LogP contribution < -0.4 is 16.1 Å². The molecule has 0 bridgehead atoms. The van der Waals surface area contributed by atoms with E-state index in [-0.39, 0.29) is 5.54 Å². The van der Waals surface area contributed by atoms with Crippen molar-refractivity contribution in [2.75, 3.05) is 18.4 Å². The number of benzene rings is 1. The molecule has 7 nitrogen and oxygen atoms in total. The van der Waals surface area contributed by atoms with E-state index in [1.165, 1.54) is 23.2 Å². The second kappa shape index (κ2) is 8.55. The highest BCUT2D eigenvalue weighted by atomic mass is 16.5. The first kappa shape index (κ1) is 18.0. The van der Waals surface area contributed by atoms with Crippen molar-refractivity contribution in [1.29, 1.82) is 0 Å². The summed E-state index contributed by atoms with van der Waals surface area (Å²) in [5.41, 5.74) is 3.36. The number of aryl methyl sites for hydroxylation is 1. The molecule has 1 aliphatic rings. The molecule has 26 heavy (non-hydrogen) atoms. The van der Waals surface area contributed by atoms with Gasteiger partial charge in [-0.25, -0.2) is 10.5 Å². The first-order valence-electron chi connectivity index (χ1n) is 8.66. The molecule has 1 aromatic carbocycles. The third-order valence-electron chi connectivity index (χ3n) is 4.56. The summed E-state index contributed by atoms with van der Waals surface area (Å²) >= 11 is 0. The number of rotatable bonds is 7. The summed E-state index contributed by atoms with van der Waals surface area (Å²) in [4.78, 5) is 19.7. The average molecular weight is 353 g/mol. The molecule has 1 amide bonds. The van der Waals surface area contributed by atoms with Crippen molar-refractivity contribution in [2.24, 2.45) is 0 Å². The van der Waals surface area contributed by atoms with Crippen LogP contribution in [-0.4, -0.2) is 39.7 Å². The smallest absolute Gasteiger partial charge is 0.267 e. The number of amides is 1. The van der Waals surface area contributed by atoms with Gasteiger partial charge in [0.05, 0.1) is 23.6 Å². The van der Waals surface area contributed by atoms with E-state index in [9.17, 15) is 4.79 Å². The van der Waals surface area contributed by atoms with Gasteiger partial charge in [0, 0.05) is 12.6 Å². The van der Waals surface area contributed by atoms with Gasteiger partial charge in [0.1, 0.15) is 5.82 Å². The fourth-order valence-electron chi connectivity index (χ4n) is 3.11. The fourth-order valence-corrected chi connectivity index (χ4v) is 3.11. The van der Waals surface area contributed by atoms with E-state index in [0.717, 1.165) is 32.4 Å². The lowest BCUT2D eigenvalue weighted by atomic mass is 9.90. The molecule has 2 heterocycles. The van der Waals surface area contributed by atoms with Crippen molar-refractivity contribution in [3.63, 3.8) is 0 Å². The Labute approximate surface area is 152 Å². The third kappa shape index (κ3) is 4.87. The third-order valence-corrected chi connectivity index (χ3v) is 4.56. The number of carbonyl (C=O) groups excluding carboxylic acids is 1. The van der Waals surface area contributed by atoms with Gasteiger partial charge in [0.2, 0.25) is 0 Å². The van der Waals surface area contributed by atoms with E-state index in [1.54, 1.807) is 12.4 Å². The van der Waals surface area contributed by atoms with E-state index in [1.807, 2.05) is 6.07 Å². The van der Waals surface area contributed by atoms with Crippen molar-refractivity contribution in [2.45, 2.75) is 24.8 Å². The molecular formula is C19H23N5O2. The molecule has 0 saturated carbocycles. The Kier molecular flexibility index (Phi) is 5.93. The second-order valence-corrected chi connectivity index (χ2v) is 6.45. The van der Waals surface area contributed by atoms with Crippen LogP contribution in [0.5, 0.6) is 0 Å². The minimum Gasteiger partial charge on any atom is -0.362 e. The van der Waals surface area contributed by atoms with Gasteiger partial charge in [0.25, 0.3) is 5.91 Å². The maximum atomic E-state index is 11.0. The van der Waals surface area contributed by atoms with E-state index in [0.29, 0.717) is 11.5 Å². The molecule has 0 unspecified atom stereocenters. The molecule has 1 aromatic heterocycles. The first-order chi connectivity index (χ1) is 12.7. The number of nitrogens with one attached hydrogen (secondary N) is 3. The number of hydrogen-bond acceptors (Lipinski definition) is 6. The van der Waals surface area contributed by atoms with Crippen LogP contribution in [0.15, 0.2) is 48.8 Å². The van der Waals surface area contributed by atoms with Crippen LogP contribution in [0.2, 0.25) is 0 Å². The Balaban J connectivity index is 1.64. The minimum atomic E-state index is -0.606. The first-order valence-corrected chi connectivity index (χ1v) is 8.66. The van der Waals surface area contributed by atoms with Gasteiger partial charge in [-0.05, 0) is 37.4 Å². The van der Waals surface area contributed by atoms with Crippen LogP contribution in [-0.2, 0) is 11.2 Å². The highest BCUT2D eigenvalue weighted by molar-refractivity contribution is 5.90. The highest BCUT2D eigenvalue weighted by Gasteiger charge is 2.33. The topological polar surface area (TPSA) is 99.2 Å². The van der Waals surface area contributed by atoms with E-state index >= 15 is 0 Å². The van der Waals surface area contributed by atoms with Crippen molar-refractivity contribution in [1.82, 2.24) is 20.8 Å². The minimum absolute atomic E-state index is 0.0430. The number of hydrogen-bond donors (Lipinski definition) is 4. The largest absolute Gasteiger partial charge is 0.362 e. The molecule has 0 radical (unpaired) electrons. The van der Waals surface area contributed by atoms with Gasteiger partial charge in [-0.15, -0.1) is 0 Å². The highest BCUT2D eigenvalue weighted by Crippen LogP contribution is 2.26. The van der Waals surface area contributed by atoms with Gasteiger partial charge in [-0.3, -0.25) is 15.0 Å². The Hall–Kier alpha value is -2.77. The summed E-state index contributed by atoms with van der Waals surface area (Å²) in [6.07, 6.45) is 8.98. The van der Waals surface area contributed by atoms with Gasteiger partial charge in [-0.1, -0.05) is 30.3 Å². The van der Waals surface area contributed by atoms with Crippen molar-refractivity contribution in [3.05, 3.63) is 60.1 Å². The molecule has 7 heteroatoms. The number of anilines is 1. The summed E-state index contributed by atoms with van der Waals surface area (Å²) in [6, 6.07) is 10.5. The van der Waals surface area contributed by atoms with Crippen LogP contribution in [0.3, 0.4) is 0 Å². The van der Waals surface area contributed by atoms with Crippen LogP contribution in [0.25, 0.3) is 6.08 Å². The molecule has 0 spiro atoms. The average Bonchev–Trinajstić information content (AvgIpc) is 3.15. The monoisotopic (exact) mass is 353 g/mol. The Morgan fingerprint density at radius 1 is 1.27 bits per heavy atom. The fraction of sp³-hybridized carbons (Fsp3) is 0.316. The summed E-state index contributed by atoms with van der Waals surface area (Å²) in [6.45, 7) is 1.87. The van der Waals surface area contributed by atoms with Crippen molar-refractivity contribution >= 4 is 17.8 Å². The molecule has 1 aliphatic heterocycles. The van der Waals surface area contributed by atoms with Crippen LogP contribution in [0, 0.1) is 0 Å². The summed E-state index contributed by atoms with van der Waals surface area (Å²) < 4.78 is 0. The van der Waals surface area contributed by atoms with Crippen molar-refractivity contribution < 1.29 is 10.0 Å².